The number of rotatable bonds is 4. The first-order valence-corrected chi connectivity index (χ1v) is 7.07. The number of hydrogen-bond donors (Lipinski definition) is 1. The lowest BCUT2D eigenvalue weighted by molar-refractivity contribution is -0.0113. The predicted octanol–water partition coefficient (Wildman–Crippen LogP) is 2.96. The molecule has 3 rings (SSSR count). The Kier molecular flexibility index (Phi) is 3.97. The van der Waals surface area contributed by atoms with Gasteiger partial charge in [0.15, 0.2) is 17.6 Å². The molecule has 0 bridgehead atoms. The largest absolute Gasteiger partial charge is 0.494 e. The molecule has 4 nitrogen and oxygen atoms in total. The van der Waals surface area contributed by atoms with E-state index in [1.165, 1.54) is 0 Å². The van der Waals surface area contributed by atoms with E-state index in [-0.39, 0.29) is 0 Å². The molecule has 2 atom stereocenters. The van der Waals surface area contributed by atoms with Gasteiger partial charge in [0.25, 0.3) is 0 Å². The second-order valence-corrected chi connectivity index (χ2v) is 4.86. The highest BCUT2D eigenvalue weighted by Crippen LogP contribution is 2.34. The molecule has 0 saturated heterocycles. The summed E-state index contributed by atoms with van der Waals surface area (Å²) in [5, 5.41) is 10.4. The van der Waals surface area contributed by atoms with E-state index in [1.54, 1.807) is 0 Å². The van der Waals surface area contributed by atoms with Gasteiger partial charge in [0, 0.05) is 0 Å². The Labute approximate surface area is 123 Å². The van der Waals surface area contributed by atoms with Crippen molar-refractivity contribution in [3.63, 3.8) is 0 Å². The molecule has 0 amide bonds. The summed E-state index contributed by atoms with van der Waals surface area (Å²) in [6.07, 6.45) is -1.16. The van der Waals surface area contributed by atoms with Crippen LogP contribution in [0.5, 0.6) is 17.2 Å². The zero-order chi connectivity index (χ0) is 14.7. The Morgan fingerprint density at radius 2 is 1.86 bits per heavy atom. The summed E-state index contributed by atoms with van der Waals surface area (Å²) in [5.41, 5.74) is 0.784. The topological polar surface area (TPSA) is 47.9 Å². The van der Waals surface area contributed by atoms with Crippen molar-refractivity contribution in [3.8, 4) is 17.2 Å². The predicted molar refractivity (Wildman–Crippen MR) is 78.9 cm³/mol. The molecule has 1 heterocycles. The van der Waals surface area contributed by atoms with E-state index in [2.05, 4.69) is 0 Å². The van der Waals surface area contributed by atoms with Crippen molar-refractivity contribution in [2.45, 2.75) is 19.1 Å². The Bertz CT molecular complexity index is 594. The number of hydrogen-bond acceptors (Lipinski definition) is 4. The van der Waals surface area contributed by atoms with Gasteiger partial charge in [-0.2, -0.15) is 0 Å². The average molecular weight is 286 g/mol. The van der Waals surface area contributed by atoms with Crippen molar-refractivity contribution >= 4 is 0 Å². The van der Waals surface area contributed by atoms with Gasteiger partial charge >= 0.3 is 0 Å². The van der Waals surface area contributed by atoms with Crippen LogP contribution in [0.15, 0.2) is 48.5 Å². The van der Waals surface area contributed by atoms with Gasteiger partial charge in [0.2, 0.25) is 0 Å². The fourth-order valence-electron chi connectivity index (χ4n) is 2.33. The summed E-state index contributed by atoms with van der Waals surface area (Å²) in [7, 11) is 0. The summed E-state index contributed by atoms with van der Waals surface area (Å²) in [4.78, 5) is 0. The monoisotopic (exact) mass is 286 g/mol. The molecular weight excluding hydrogens is 268 g/mol. The molecule has 1 aliphatic heterocycles. The van der Waals surface area contributed by atoms with Crippen LogP contribution < -0.4 is 14.2 Å². The summed E-state index contributed by atoms with van der Waals surface area (Å²) < 4.78 is 16.8. The van der Waals surface area contributed by atoms with Crippen molar-refractivity contribution in [2.24, 2.45) is 0 Å². The normalized spacial score (nSPS) is 18.1. The van der Waals surface area contributed by atoms with Crippen LogP contribution >= 0.6 is 0 Å². The van der Waals surface area contributed by atoms with E-state index in [4.69, 9.17) is 14.2 Å². The van der Waals surface area contributed by atoms with Crippen molar-refractivity contribution in [2.75, 3.05) is 13.2 Å². The van der Waals surface area contributed by atoms with E-state index in [0.717, 1.165) is 11.3 Å². The minimum absolute atomic E-state index is 0.325. The average Bonchev–Trinajstić information content (AvgIpc) is 2.55. The fraction of sp³-hybridized carbons (Fsp3) is 0.294. The number of ether oxygens (including phenoxy) is 3. The lowest BCUT2D eigenvalue weighted by atomic mass is 10.0. The molecule has 2 aromatic carbocycles. The molecule has 110 valence electrons. The highest BCUT2D eigenvalue weighted by Gasteiger charge is 2.28. The Balaban J connectivity index is 1.72. The Morgan fingerprint density at radius 3 is 2.57 bits per heavy atom. The SMILES string of the molecule is CCOc1ccc(C(O)C2COc3ccccc3O2)cc1. The Morgan fingerprint density at radius 1 is 1.14 bits per heavy atom. The zero-order valence-electron chi connectivity index (χ0n) is 11.9. The molecule has 4 heteroatoms. The number of aliphatic hydroxyl groups excluding tert-OH is 1. The second kappa shape index (κ2) is 6.06. The summed E-state index contributed by atoms with van der Waals surface area (Å²) in [6, 6.07) is 14.9. The first kappa shape index (κ1) is 13.8. The van der Waals surface area contributed by atoms with Crippen LogP contribution in [0.3, 0.4) is 0 Å². The number of benzene rings is 2. The third-order valence-corrected chi connectivity index (χ3v) is 3.42. The van der Waals surface area contributed by atoms with E-state index in [0.29, 0.717) is 24.7 Å². The molecule has 1 aliphatic rings. The van der Waals surface area contributed by atoms with Gasteiger partial charge in [0.05, 0.1) is 6.61 Å². The van der Waals surface area contributed by atoms with Gasteiger partial charge in [-0.15, -0.1) is 0 Å². The third kappa shape index (κ3) is 2.95. The van der Waals surface area contributed by atoms with Gasteiger partial charge in [-0.05, 0) is 36.8 Å². The van der Waals surface area contributed by atoms with Gasteiger partial charge in [0.1, 0.15) is 18.5 Å². The molecule has 0 spiro atoms. The van der Waals surface area contributed by atoms with Gasteiger partial charge in [-0.25, -0.2) is 0 Å². The fourth-order valence-corrected chi connectivity index (χ4v) is 2.33. The van der Waals surface area contributed by atoms with E-state index in [1.807, 2.05) is 55.5 Å². The number of aliphatic hydroxyl groups is 1. The van der Waals surface area contributed by atoms with Crippen LogP contribution in [-0.2, 0) is 0 Å². The van der Waals surface area contributed by atoms with Crippen LogP contribution in [0.1, 0.15) is 18.6 Å². The van der Waals surface area contributed by atoms with Crippen molar-refractivity contribution in [3.05, 3.63) is 54.1 Å². The van der Waals surface area contributed by atoms with Crippen LogP contribution in [-0.4, -0.2) is 24.4 Å². The minimum Gasteiger partial charge on any atom is -0.494 e. The third-order valence-electron chi connectivity index (χ3n) is 3.42. The lowest BCUT2D eigenvalue weighted by Crippen LogP contribution is -2.34. The highest BCUT2D eigenvalue weighted by atomic mass is 16.6. The van der Waals surface area contributed by atoms with Crippen LogP contribution in [0, 0.1) is 0 Å². The van der Waals surface area contributed by atoms with Crippen molar-refractivity contribution in [1.82, 2.24) is 0 Å². The molecular formula is C17H18O4. The molecule has 2 aromatic rings. The molecule has 1 N–H and O–H groups in total. The summed E-state index contributed by atoms with van der Waals surface area (Å²) in [6.45, 7) is 2.89. The molecule has 21 heavy (non-hydrogen) atoms. The van der Waals surface area contributed by atoms with Gasteiger partial charge < -0.3 is 19.3 Å². The highest BCUT2D eigenvalue weighted by molar-refractivity contribution is 5.41. The summed E-state index contributed by atoms with van der Waals surface area (Å²) in [5.74, 6) is 2.17. The Hall–Kier alpha value is -2.20. The lowest BCUT2D eigenvalue weighted by Gasteiger charge is -2.29. The molecule has 0 aliphatic carbocycles. The van der Waals surface area contributed by atoms with E-state index >= 15 is 0 Å². The maximum absolute atomic E-state index is 10.4. The van der Waals surface area contributed by atoms with Crippen molar-refractivity contribution in [1.29, 1.82) is 0 Å². The van der Waals surface area contributed by atoms with Crippen LogP contribution in [0.4, 0.5) is 0 Å². The molecule has 0 saturated carbocycles. The van der Waals surface area contributed by atoms with Gasteiger partial charge in [-0.3, -0.25) is 0 Å². The first-order chi connectivity index (χ1) is 10.3. The molecule has 2 unspecified atom stereocenters. The maximum atomic E-state index is 10.4. The molecule has 0 aromatic heterocycles. The quantitative estimate of drug-likeness (QED) is 0.938. The molecule has 0 radical (unpaired) electrons. The molecule has 0 fully saturated rings. The van der Waals surface area contributed by atoms with Crippen LogP contribution in [0.25, 0.3) is 0 Å². The standard InChI is InChI=1S/C17H18O4/c1-2-19-13-9-7-12(8-10-13)17(18)16-11-20-14-5-3-4-6-15(14)21-16/h3-10,16-18H,2,11H2,1H3. The summed E-state index contributed by atoms with van der Waals surface area (Å²) >= 11 is 0. The van der Waals surface area contributed by atoms with Crippen molar-refractivity contribution < 1.29 is 19.3 Å². The minimum atomic E-state index is -0.742. The zero-order valence-corrected chi connectivity index (χ0v) is 11.9. The van der Waals surface area contributed by atoms with E-state index < -0.39 is 12.2 Å². The van der Waals surface area contributed by atoms with Gasteiger partial charge in [-0.1, -0.05) is 24.3 Å². The second-order valence-electron chi connectivity index (χ2n) is 4.86. The maximum Gasteiger partial charge on any atom is 0.163 e. The number of para-hydroxylation sites is 2. The van der Waals surface area contributed by atoms with Crippen LogP contribution in [0.2, 0.25) is 0 Å². The number of fused-ring (bicyclic) bond motifs is 1. The first-order valence-electron chi connectivity index (χ1n) is 7.07. The smallest absolute Gasteiger partial charge is 0.163 e. The van der Waals surface area contributed by atoms with E-state index in [9.17, 15) is 5.11 Å².